The highest BCUT2D eigenvalue weighted by atomic mass is 79.9. The van der Waals surface area contributed by atoms with E-state index in [4.69, 9.17) is 16.3 Å². The van der Waals surface area contributed by atoms with Crippen molar-refractivity contribution in [3.63, 3.8) is 0 Å². The number of alkyl halides is 1. The van der Waals surface area contributed by atoms with Crippen LogP contribution in [0.2, 0.25) is 0 Å². The number of hydrogen-bond acceptors (Lipinski definition) is 3. The van der Waals surface area contributed by atoms with Gasteiger partial charge in [-0.15, -0.1) is 11.6 Å². The Hall–Kier alpha value is -1.11. The lowest BCUT2D eigenvalue weighted by Gasteiger charge is -2.12. The van der Waals surface area contributed by atoms with Crippen molar-refractivity contribution in [2.45, 2.75) is 5.88 Å². The van der Waals surface area contributed by atoms with Crippen molar-refractivity contribution in [3.05, 3.63) is 45.2 Å². The minimum Gasteiger partial charge on any atom is -0.495 e. The molecule has 21 heavy (non-hydrogen) atoms. The summed E-state index contributed by atoms with van der Waals surface area (Å²) in [5.41, 5.74) is 2.45. The summed E-state index contributed by atoms with van der Waals surface area (Å²) >= 11 is 13.1. The van der Waals surface area contributed by atoms with E-state index in [0.717, 1.165) is 37.4 Å². The highest BCUT2D eigenvalue weighted by molar-refractivity contribution is 9.11. The monoisotopic (exact) mass is 429 g/mol. The van der Waals surface area contributed by atoms with Crippen LogP contribution in [-0.4, -0.2) is 21.6 Å². The van der Waals surface area contributed by atoms with Crippen molar-refractivity contribution >= 4 is 54.6 Å². The van der Waals surface area contributed by atoms with Gasteiger partial charge < -0.3 is 4.74 Å². The van der Waals surface area contributed by atoms with Crippen LogP contribution >= 0.6 is 43.5 Å². The number of fused-ring (bicyclic) bond motifs is 1. The molecule has 0 N–H and O–H groups in total. The number of hydrogen-bond donors (Lipinski definition) is 0. The molecule has 0 aliphatic carbocycles. The smallest absolute Gasteiger partial charge is 0.164 e. The van der Waals surface area contributed by atoms with Crippen molar-refractivity contribution in [1.82, 2.24) is 14.5 Å². The molecule has 0 atom stereocenters. The van der Waals surface area contributed by atoms with Crippen molar-refractivity contribution < 1.29 is 4.74 Å². The van der Waals surface area contributed by atoms with Crippen LogP contribution < -0.4 is 4.74 Å². The molecule has 0 radical (unpaired) electrons. The topological polar surface area (TPSA) is 39.9 Å². The lowest BCUT2D eigenvalue weighted by Crippen LogP contribution is -2.02. The van der Waals surface area contributed by atoms with Gasteiger partial charge in [0.1, 0.15) is 17.1 Å². The van der Waals surface area contributed by atoms with Gasteiger partial charge in [-0.1, -0.05) is 0 Å². The highest BCUT2D eigenvalue weighted by Crippen LogP contribution is 2.35. The Kier molecular flexibility index (Phi) is 4.19. The standard InChI is InChI=1S/C14H10Br2ClN3O/c1-21-12-6-11(8(15)5-9(12)16)20-13(7-17)19-10-3-2-4-18-14(10)20/h2-6H,7H2,1H3. The van der Waals surface area contributed by atoms with Gasteiger partial charge in [0.25, 0.3) is 0 Å². The van der Waals surface area contributed by atoms with Crippen LogP contribution in [0.4, 0.5) is 0 Å². The number of nitrogens with zero attached hydrogens (tertiary/aromatic N) is 3. The lowest BCUT2D eigenvalue weighted by molar-refractivity contribution is 0.412. The van der Waals surface area contributed by atoms with Crippen molar-refractivity contribution in [2.24, 2.45) is 0 Å². The number of pyridine rings is 1. The molecule has 0 unspecified atom stereocenters. The molecule has 2 heterocycles. The van der Waals surface area contributed by atoms with Crippen molar-refractivity contribution in [3.8, 4) is 11.4 Å². The molecule has 3 rings (SSSR count). The molecule has 2 aromatic heterocycles. The summed E-state index contributed by atoms with van der Waals surface area (Å²) in [6.45, 7) is 0. The first-order valence-electron chi connectivity index (χ1n) is 6.07. The highest BCUT2D eigenvalue weighted by Gasteiger charge is 2.16. The molecule has 0 aliphatic rings. The second-order valence-electron chi connectivity index (χ2n) is 4.28. The Balaban J connectivity index is 2.34. The fourth-order valence-electron chi connectivity index (χ4n) is 2.15. The molecule has 108 valence electrons. The van der Waals surface area contributed by atoms with E-state index in [1.54, 1.807) is 13.3 Å². The lowest BCUT2D eigenvalue weighted by atomic mass is 10.3. The molecule has 0 spiro atoms. The molecular weight excluding hydrogens is 421 g/mol. The van der Waals surface area contributed by atoms with Gasteiger partial charge >= 0.3 is 0 Å². The van der Waals surface area contributed by atoms with Gasteiger partial charge in [0, 0.05) is 16.7 Å². The Bertz CT molecular complexity index is 819. The number of aromatic nitrogens is 3. The van der Waals surface area contributed by atoms with Crippen LogP contribution in [-0.2, 0) is 5.88 Å². The van der Waals surface area contributed by atoms with Gasteiger partial charge in [0.15, 0.2) is 5.65 Å². The SMILES string of the molecule is COc1cc(-n2c(CCl)nc3cccnc32)c(Br)cc1Br. The third-order valence-corrected chi connectivity index (χ3v) is 4.56. The zero-order valence-electron chi connectivity index (χ0n) is 11.0. The van der Waals surface area contributed by atoms with Gasteiger partial charge in [-0.25, -0.2) is 9.97 Å². The summed E-state index contributed by atoms with van der Waals surface area (Å²) in [5, 5.41) is 0. The third-order valence-electron chi connectivity index (χ3n) is 3.07. The number of imidazole rings is 1. The van der Waals surface area contributed by atoms with Gasteiger partial charge in [-0.05, 0) is 50.1 Å². The van der Waals surface area contributed by atoms with Crippen LogP contribution in [0.3, 0.4) is 0 Å². The molecule has 0 aliphatic heterocycles. The average Bonchev–Trinajstić information content (AvgIpc) is 2.86. The first kappa shape index (κ1) is 14.8. The van der Waals surface area contributed by atoms with Crippen LogP contribution in [0.5, 0.6) is 5.75 Å². The number of ether oxygens (including phenoxy) is 1. The van der Waals surface area contributed by atoms with E-state index < -0.39 is 0 Å². The summed E-state index contributed by atoms with van der Waals surface area (Å²) < 4.78 is 9.06. The molecule has 0 saturated carbocycles. The van der Waals surface area contributed by atoms with Crippen LogP contribution in [0, 0.1) is 0 Å². The predicted octanol–water partition coefficient (Wildman–Crippen LogP) is 4.69. The maximum Gasteiger partial charge on any atom is 0.164 e. The normalized spacial score (nSPS) is 11.0. The summed E-state index contributed by atoms with van der Waals surface area (Å²) in [7, 11) is 1.63. The molecule has 1 aromatic carbocycles. The van der Waals surface area contributed by atoms with Gasteiger partial charge in [0.05, 0.1) is 23.1 Å². The third kappa shape index (κ3) is 2.56. The van der Waals surface area contributed by atoms with Gasteiger partial charge in [0.2, 0.25) is 0 Å². The molecule has 7 heteroatoms. The second kappa shape index (κ2) is 5.94. The van der Waals surface area contributed by atoms with Gasteiger partial charge in [-0.2, -0.15) is 0 Å². The summed E-state index contributed by atoms with van der Waals surface area (Å²) in [6, 6.07) is 7.62. The van der Waals surface area contributed by atoms with E-state index in [0.29, 0.717) is 5.88 Å². The van der Waals surface area contributed by atoms with E-state index >= 15 is 0 Å². The molecule has 3 aromatic rings. The number of halogens is 3. The maximum atomic E-state index is 6.04. The second-order valence-corrected chi connectivity index (χ2v) is 6.26. The first-order chi connectivity index (χ1) is 10.2. The zero-order valence-corrected chi connectivity index (χ0v) is 14.9. The van der Waals surface area contributed by atoms with Crippen LogP contribution in [0.15, 0.2) is 39.4 Å². The minimum atomic E-state index is 0.293. The Labute approximate surface area is 143 Å². The van der Waals surface area contributed by atoms with E-state index in [1.807, 2.05) is 28.8 Å². The van der Waals surface area contributed by atoms with E-state index in [-0.39, 0.29) is 0 Å². The molecule has 0 saturated heterocycles. The van der Waals surface area contributed by atoms with Gasteiger partial charge in [-0.3, -0.25) is 4.57 Å². The molecule has 4 nitrogen and oxygen atoms in total. The van der Waals surface area contributed by atoms with Crippen molar-refractivity contribution in [1.29, 1.82) is 0 Å². The maximum absolute atomic E-state index is 6.04. The summed E-state index contributed by atoms with van der Waals surface area (Å²) in [5.74, 6) is 1.75. The molecular formula is C14H10Br2ClN3O. The Morgan fingerprint density at radius 1 is 1.29 bits per heavy atom. The fraction of sp³-hybridized carbons (Fsp3) is 0.143. The molecule has 0 amide bonds. The Morgan fingerprint density at radius 3 is 2.81 bits per heavy atom. The fourth-order valence-corrected chi connectivity index (χ4v) is 3.66. The quantitative estimate of drug-likeness (QED) is 0.565. The van der Waals surface area contributed by atoms with Crippen LogP contribution in [0.1, 0.15) is 5.82 Å². The van der Waals surface area contributed by atoms with E-state index in [1.165, 1.54) is 0 Å². The van der Waals surface area contributed by atoms with E-state index in [2.05, 4.69) is 41.8 Å². The largest absolute Gasteiger partial charge is 0.495 e. The average molecular weight is 432 g/mol. The summed E-state index contributed by atoms with van der Waals surface area (Å²) in [4.78, 5) is 8.94. The minimum absolute atomic E-state index is 0.293. The number of benzene rings is 1. The Morgan fingerprint density at radius 2 is 2.10 bits per heavy atom. The zero-order chi connectivity index (χ0) is 15.0. The first-order valence-corrected chi connectivity index (χ1v) is 8.19. The number of rotatable bonds is 3. The molecule has 0 bridgehead atoms. The predicted molar refractivity (Wildman–Crippen MR) is 90.4 cm³/mol. The van der Waals surface area contributed by atoms with Crippen molar-refractivity contribution in [2.75, 3.05) is 7.11 Å². The van der Waals surface area contributed by atoms with E-state index in [9.17, 15) is 0 Å². The van der Waals surface area contributed by atoms with Crippen LogP contribution in [0.25, 0.3) is 16.9 Å². The molecule has 0 fully saturated rings. The number of methoxy groups -OCH3 is 1. The summed E-state index contributed by atoms with van der Waals surface area (Å²) in [6.07, 6.45) is 1.74.